The lowest BCUT2D eigenvalue weighted by molar-refractivity contribution is 0.474. The van der Waals surface area contributed by atoms with Crippen LogP contribution in [0.2, 0.25) is 0 Å². The van der Waals surface area contributed by atoms with E-state index in [1.807, 2.05) is 30.3 Å². The highest BCUT2D eigenvalue weighted by molar-refractivity contribution is 5.83. The van der Waals surface area contributed by atoms with Crippen LogP contribution in [0, 0.1) is 0 Å². The maximum absolute atomic E-state index is 12.0. The van der Waals surface area contributed by atoms with Crippen molar-refractivity contribution in [3.63, 3.8) is 0 Å². The number of H-pyrrole nitrogens is 1. The molecule has 0 saturated carbocycles. The second-order valence-corrected chi connectivity index (χ2v) is 5.04. The zero-order chi connectivity index (χ0) is 16.8. The van der Waals surface area contributed by atoms with Gasteiger partial charge in [0.05, 0.1) is 6.21 Å². The van der Waals surface area contributed by atoms with Crippen molar-refractivity contribution < 1.29 is 5.11 Å². The summed E-state index contributed by atoms with van der Waals surface area (Å²) >= 11 is 0. The number of hydrogen-bond acceptors (Lipinski definition) is 6. The topological polar surface area (TPSA) is 103 Å². The van der Waals surface area contributed by atoms with Crippen molar-refractivity contribution in [2.45, 2.75) is 6.42 Å². The van der Waals surface area contributed by atoms with Crippen molar-refractivity contribution in [3.05, 3.63) is 81.8 Å². The lowest BCUT2D eigenvalue weighted by Crippen LogP contribution is -2.18. The van der Waals surface area contributed by atoms with Gasteiger partial charge in [-0.15, -0.1) is 10.2 Å². The molecular formula is C17H15N5O2. The summed E-state index contributed by atoms with van der Waals surface area (Å²) in [5, 5.41) is 21.4. The molecule has 0 aliphatic rings. The molecule has 0 bridgehead atoms. The molecule has 0 aliphatic carbocycles. The first-order chi connectivity index (χ1) is 11.7. The van der Waals surface area contributed by atoms with Crippen LogP contribution in [0.15, 0.2) is 64.5 Å². The SMILES string of the molecule is O=c1[nH]c(N/N=C/c2ccccc2O)nnc1Cc1ccccc1. The van der Waals surface area contributed by atoms with Crippen molar-refractivity contribution >= 4 is 12.2 Å². The summed E-state index contributed by atoms with van der Waals surface area (Å²) < 4.78 is 0. The van der Waals surface area contributed by atoms with Gasteiger partial charge < -0.3 is 5.11 Å². The van der Waals surface area contributed by atoms with Gasteiger partial charge >= 0.3 is 0 Å². The van der Waals surface area contributed by atoms with Gasteiger partial charge in [0.25, 0.3) is 5.56 Å². The van der Waals surface area contributed by atoms with Crippen LogP contribution in [-0.2, 0) is 6.42 Å². The average Bonchev–Trinajstić information content (AvgIpc) is 2.60. The van der Waals surface area contributed by atoms with Crippen molar-refractivity contribution in [2.75, 3.05) is 5.43 Å². The third-order valence-corrected chi connectivity index (χ3v) is 3.29. The summed E-state index contributed by atoms with van der Waals surface area (Å²) in [5.74, 6) is 0.240. The Morgan fingerprint density at radius 3 is 2.58 bits per heavy atom. The Bertz CT molecular complexity index is 906. The molecule has 7 nitrogen and oxygen atoms in total. The summed E-state index contributed by atoms with van der Waals surface area (Å²) in [6.07, 6.45) is 1.83. The molecule has 3 rings (SSSR count). The Balaban J connectivity index is 1.69. The first-order valence-electron chi connectivity index (χ1n) is 7.29. The molecule has 24 heavy (non-hydrogen) atoms. The number of phenols is 1. The Morgan fingerprint density at radius 2 is 1.83 bits per heavy atom. The number of aromatic nitrogens is 3. The first kappa shape index (κ1) is 15.4. The summed E-state index contributed by atoms with van der Waals surface area (Å²) in [5.41, 5.74) is 4.11. The molecule has 1 aromatic heterocycles. The molecule has 7 heteroatoms. The Morgan fingerprint density at radius 1 is 1.08 bits per heavy atom. The van der Waals surface area contributed by atoms with Gasteiger partial charge in [0, 0.05) is 12.0 Å². The number of benzene rings is 2. The quantitative estimate of drug-likeness (QED) is 0.492. The van der Waals surface area contributed by atoms with Gasteiger partial charge in [-0.25, -0.2) is 5.43 Å². The summed E-state index contributed by atoms with van der Waals surface area (Å²) in [6.45, 7) is 0. The molecule has 0 fully saturated rings. The van der Waals surface area contributed by atoms with E-state index < -0.39 is 0 Å². The predicted molar refractivity (Wildman–Crippen MR) is 91.2 cm³/mol. The van der Waals surface area contributed by atoms with Crippen molar-refractivity contribution in [1.29, 1.82) is 0 Å². The fraction of sp³-hybridized carbons (Fsp3) is 0.0588. The van der Waals surface area contributed by atoms with Crippen LogP contribution in [0.3, 0.4) is 0 Å². The smallest absolute Gasteiger partial charge is 0.274 e. The number of aromatic hydroxyl groups is 1. The van der Waals surface area contributed by atoms with E-state index in [1.165, 1.54) is 6.21 Å². The van der Waals surface area contributed by atoms with Crippen LogP contribution in [0.25, 0.3) is 0 Å². The van der Waals surface area contributed by atoms with Crippen LogP contribution >= 0.6 is 0 Å². The van der Waals surface area contributed by atoms with Gasteiger partial charge in [-0.3, -0.25) is 9.78 Å². The number of aromatic amines is 1. The summed E-state index contributed by atoms with van der Waals surface area (Å²) in [4.78, 5) is 14.6. The fourth-order valence-electron chi connectivity index (χ4n) is 2.08. The highest BCUT2D eigenvalue weighted by atomic mass is 16.3. The van der Waals surface area contributed by atoms with Gasteiger partial charge in [-0.1, -0.05) is 42.5 Å². The van der Waals surface area contributed by atoms with Crippen molar-refractivity contribution in [1.82, 2.24) is 15.2 Å². The molecule has 0 aliphatic heterocycles. The first-order valence-corrected chi connectivity index (χ1v) is 7.29. The molecule has 0 spiro atoms. The predicted octanol–water partition coefficient (Wildman–Crippen LogP) is 1.91. The molecule has 0 saturated heterocycles. The Kier molecular flexibility index (Phi) is 4.62. The number of phenolic OH excluding ortho intramolecular Hbond substituents is 1. The molecule has 2 aromatic carbocycles. The van der Waals surface area contributed by atoms with Gasteiger partial charge in [0.2, 0.25) is 5.95 Å². The van der Waals surface area contributed by atoms with Crippen LogP contribution in [0.5, 0.6) is 5.75 Å². The summed E-state index contributed by atoms with van der Waals surface area (Å²) in [6, 6.07) is 16.3. The number of para-hydroxylation sites is 1. The molecule has 0 unspecified atom stereocenters. The number of nitrogens with one attached hydrogen (secondary N) is 2. The van der Waals surface area contributed by atoms with E-state index in [4.69, 9.17) is 0 Å². The third-order valence-electron chi connectivity index (χ3n) is 3.29. The molecule has 0 amide bonds. The van der Waals surface area contributed by atoms with Gasteiger partial charge in [-0.05, 0) is 17.7 Å². The van der Waals surface area contributed by atoms with E-state index in [2.05, 4.69) is 25.7 Å². The van der Waals surface area contributed by atoms with E-state index in [-0.39, 0.29) is 17.3 Å². The largest absolute Gasteiger partial charge is 0.507 e. The monoisotopic (exact) mass is 321 g/mol. The minimum absolute atomic E-state index is 0.112. The Labute approximate surface area is 137 Å². The van der Waals surface area contributed by atoms with E-state index in [1.54, 1.807) is 24.3 Å². The standard InChI is InChI=1S/C17H15N5O2/c23-15-9-5-4-8-13(15)11-18-21-17-19-16(24)14(20-22-17)10-12-6-2-1-3-7-12/h1-9,11,23H,10H2,(H2,19,21,22,24)/b18-11+. The minimum Gasteiger partial charge on any atom is -0.507 e. The van der Waals surface area contributed by atoms with Gasteiger partial charge in [0.1, 0.15) is 11.4 Å². The minimum atomic E-state index is -0.325. The van der Waals surface area contributed by atoms with Gasteiger partial charge in [0.15, 0.2) is 0 Å². The highest BCUT2D eigenvalue weighted by Crippen LogP contribution is 2.12. The lowest BCUT2D eigenvalue weighted by atomic mass is 10.1. The second kappa shape index (κ2) is 7.19. The van der Waals surface area contributed by atoms with E-state index in [9.17, 15) is 9.90 Å². The molecule has 120 valence electrons. The zero-order valence-corrected chi connectivity index (χ0v) is 12.7. The van der Waals surface area contributed by atoms with Gasteiger partial charge in [-0.2, -0.15) is 5.10 Å². The maximum atomic E-state index is 12.0. The second-order valence-electron chi connectivity index (χ2n) is 5.04. The molecule has 0 atom stereocenters. The third kappa shape index (κ3) is 3.83. The molecule has 0 radical (unpaired) electrons. The van der Waals surface area contributed by atoms with E-state index >= 15 is 0 Å². The highest BCUT2D eigenvalue weighted by Gasteiger charge is 2.05. The Hall–Kier alpha value is -3.48. The van der Waals surface area contributed by atoms with Crippen LogP contribution in [0.1, 0.15) is 16.8 Å². The van der Waals surface area contributed by atoms with Crippen LogP contribution in [-0.4, -0.2) is 26.5 Å². The summed E-state index contributed by atoms with van der Waals surface area (Å²) in [7, 11) is 0. The van der Waals surface area contributed by atoms with E-state index in [0.29, 0.717) is 17.7 Å². The van der Waals surface area contributed by atoms with E-state index in [0.717, 1.165) is 5.56 Å². The zero-order valence-electron chi connectivity index (χ0n) is 12.7. The number of anilines is 1. The number of rotatable bonds is 5. The van der Waals surface area contributed by atoms with Crippen molar-refractivity contribution in [2.24, 2.45) is 5.10 Å². The van der Waals surface area contributed by atoms with Crippen LogP contribution in [0.4, 0.5) is 5.95 Å². The molecule has 1 heterocycles. The molecule has 3 N–H and O–H groups in total. The average molecular weight is 321 g/mol. The molecular weight excluding hydrogens is 306 g/mol. The number of hydrazone groups is 1. The van der Waals surface area contributed by atoms with Crippen molar-refractivity contribution in [3.8, 4) is 5.75 Å². The normalized spacial score (nSPS) is 10.8. The maximum Gasteiger partial charge on any atom is 0.274 e. The fourth-order valence-corrected chi connectivity index (χ4v) is 2.08. The molecule has 3 aromatic rings. The lowest BCUT2D eigenvalue weighted by Gasteiger charge is -2.02. The number of hydrogen-bond donors (Lipinski definition) is 3. The van der Waals surface area contributed by atoms with Crippen LogP contribution < -0.4 is 11.0 Å². The number of nitrogens with zero attached hydrogens (tertiary/aromatic N) is 3.